The maximum atomic E-state index is 12.8. The van der Waals surface area contributed by atoms with Crippen LogP contribution in [0.4, 0.5) is 0 Å². The first-order valence-corrected chi connectivity index (χ1v) is 18.4. The Labute approximate surface area is 342 Å². The topological polar surface area (TPSA) is 303 Å². The van der Waals surface area contributed by atoms with Gasteiger partial charge < -0.3 is 71.4 Å². The molecule has 338 valence electrons. The van der Waals surface area contributed by atoms with Gasteiger partial charge >= 0.3 is 53.7 Å². The van der Waals surface area contributed by atoms with Gasteiger partial charge in [-0.05, 0) is 6.92 Å². The van der Waals surface area contributed by atoms with E-state index in [2.05, 4.69) is 0 Å². The molecule has 0 amide bonds. The highest BCUT2D eigenvalue weighted by atomic mass is 16.8. The molecule has 0 spiro atoms. The molecule has 15 atom stereocenters. The van der Waals surface area contributed by atoms with E-state index in [1.165, 1.54) is 6.92 Å². The Morgan fingerprint density at radius 1 is 0.383 bits per heavy atom. The third kappa shape index (κ3) is 14.0. The summed E-state index contributed by atoms with van der Waals surface area (Å²) in [4.78, 5) is 111. The third-order valence-corrected chi connectivity index (χ3v) is 8.53. The molecule has 24 heteroatoms. The van der Waals surface area contributed by atoms with E-state index in [0.29, 0.717) is 0 Å². The Hall–Kier alpha value is -5.01. The molecule has 3 aliphatic heterocycles. The zero-order valence-corrected chi connectivity index (χ0v) is 34.4. The molecule has 0 saturated carbocycles. The van der Waals surface area contributed by atoms with Crippen molar-refractivity contribution < 1.29 is 115 Å². The maximum absolute atomic E-state index is 12.8. The van der Waals surface area contributed by atoms with Crippen LogP contribution in [0.5, 0.6) is 0 Å². The van der Waals surface area contributed by atoms with Gasteiger partial charge in [-0.1, -0.05) is 0 Å². The molecule has 0 unspecified atom stereocenters. The fourth-order valence-corrected chi connectivity index (χ4v) is 6.55. The number of hydrogen-bond acceptors (Lipinski definition) is 24. The molecular weight excluding hydrogens is 816 g/mol. The standard InChI is InChI=1S/C36H50O24/c1-13-25(50-16(4)39)28(53-19(7)42)32(56-22(10)45)35(49-13)60-33-30(54-20(8)43)27(52-18(6)41)24(12-48-15(3)38)58-36(33)59-29-26(51-17(5)40)23(11-47-14(2)37)57-34(46)31(29)55-21(9)44/h13,23-36,46H,11-12H2,1-10H3/t13-,23+,24+,25+,26+,27-,28+,29-,30-,31+,32-,33+,34+,35-,36-/m0/s1. The van der Waals surface area contributed by atoms with Crippen molar-refractivity contribution in [2.75, 3.05) is 13.2 Å². The lowest BCUT2D eigenvalue weighted by Crippen LogP contribution is -2.68. The van der Waals surface area contributed by atoms with Crippen LogP contribution in [0.15, 0.2) is 0 Å². The lowest BCUT2D eigenvalue weighted by molar-refractivity contribution is -0.386. The van der Waals surface area contributed by atoms with Crippen LogP contribution in [-0.4, -0.2) is 164 Å². The van der Waals surface area contributed by atoms with Crippen LogP contribution in [-0.2, 0) is 109 Å². The van der Waals surface area contributed by atoms with E-state index in [-0.39, 0.29) is 0 Å². The van der Waals surface area contributed by atoms with Gasteiger partial charge in [0.05, 0.1) is 6.10 Å². The predicted molar refractivity (Wildman–Crippen MR) is 186 cm³/mol. The number of carbonyl (C=O) groups excluding carboxylic acids is 9. The molecule has 24 nitrogen and oxygen atoms in total. The van der Waals surface area contributed by atoms with Crippen molar-refractivity contribution in [3.05, 3.63) is 0 Å². The van der Waals surface area contributed by atoms with Gasteiger partial charge in [0.1, 0.15) is 31.5 Å². The van der Waals surface area contributed by atoms with E-state index in [9.17, 15) is 48.3 Å². The van der Waals surface area contributed by atoms with Crippen LogP contribution >= 0.6 is 0 Å². The summed E-state index contributed by atoms with van der Waals surface area (Å²) in [7, 11) is 0. The minimum Gasteiger partial charge on any atom is -0.463 e. The highest BCUT2D eigenvalue weighted by Crippen LogP contribution is 2.38. The maximum Gasteiger partial charge on any atom is 0.303 e. The smallest absolute Gasteiger partial charge is 0.303 e. The number of esters is 9. The summed E-state index contributed by atoms with van der Waals surface area (Å²) in [5.74, 6) is -8.31. The Morgan fingerprint density at radius 2 is 0.717 bits per heavy atom. The number of aliphatic hydroxyl groups is 1. The molecule has 0 aromatic carbocycles. The molecule has 3 fully saturated rings. The molecule has 3 rings (SSSR count). The van der Waals surface area contributed by atoms with E-state index >= 15 is 0 Å². The van der Waals surface area contributed by atoms with Crippen LogP contribution in [0, 0.1) is 0 Å². The summed E-state index contributed by atoms with van der Waals surface area (Å²) in [5.41, 5.74) is 0. The largest absolute Gasteiger partial charge is 0.463 e. The number of aliphatic hydroxyl groups excluding tert-OH is 1. The van der Waals surface area contributed by atoms with E-state index in [1.807, 2.05) is 0 Å². The molecule has 3 aliphatic rings. The Bertz CT molecular complexity index is 1600. The predicted octanol–water partition coefficient (Wildman–Crippen LogP) is -1.41. The van der Waals surface area contributed by atoms with Gasteiger partial charge in [-0.25, -0.2) is 0 Å². The second kappa shape index (κ2) is 22.0. The van der Waals surface area contributed by atoms with Gasteiger partial charge in [0.2, 0.25) is 0 Å². The van der Waals surface area contributed by atoms with Crippen LogP contribution in [0.2, 0.25) is 0 Å². The normalized spacial score (nSPS) is 33.8. The summed E-state index contributed by atoms with van der Waals surface area (Å²) in [6.07, 6.45) is -26.0. The zero-order chi connectivity index (χ0) is 45.2. The number of carbonyl (C=O) groups is 9. The summed E-state index contributed by atoms with van der Waals surface area (Å²) in [5, 5.41) is 11.1. The number of hydrogen-bond donors (Lipinski definition) is 1. The summed E-state index contributed by atoms with van der Waals surface area (Å²) in [6, 6.07) is 0. The van der Waals surface area contributed by atoms with Crippen LogP contribution in [0.25, 0.3) is 0 Å². The molecule has 0 aromatic rings. The molecule has 0 radical (unpaired) electrons. The molecule has 0 bridgehead atoms. The van der Waals surface area contributed by atoms with Crippen molar-refractivity contribution in [2.45, 2.75) is 161 Å². The van der Waals surface area contributed by atoms with Crippen molar-refractivity contribution >= 4 is 53.7 Å². The van der Waals surface area contributed by atoms with Gasteiger partial charge in [-0.15, -0.1) is 0 Å². The fraction of sp³-hybridized carbons (Fsp3) is 0.750. The molecular formula is C36H50O24. The fourth-order valence-electron chi connectivity index (χ4n) is 6.55. The summed E-state index contributed by atoms with van der Waals surface area (Å²) < 4.78 is 79.1. The minimum absolute atomic E-state index is 0.652. The van der Waals surface area contributed by atoms with E-state index in [4.69, 9.17) is 66.3 Å². The lowest BCUT2D eigenvalue weighted by Gasteiger charge is -2.50. The highest BCUT2D eigenvalue weighted by Gasteiger charge is 2.59. The Morgan fingerprint density at radius 3 is 1.17 bits per heavy atom. The van der Waals surface area contributed by atoms with Crippen molar-refractivity contribution in [3.63, 3.8) is 0 Å². The quantitative estimate of drug-likeness (QED) is 0.146. The molecule has 3 saturated heterocycles. The van der Waals surface area contributed by atoms with E-state index in [0.717, 1.165) is 62.3 Å². The second-order valence-electron chi connectivity index (χ2n) is 13.6. The summed E-state index contributed by atoms with van der Waals surface area (Å²) >= 11 is 0. The molecule has 60 heavy (non-hydrogen) atoms. The monoisotopic (exact) mass is 866 g/mol. The average Bonchev–Trinajstić information content (AvgIpc) is 3.10. The SMILES string of the molecule is CC(=O)OC[C@H]1O[C@@H](O[C@@H]2[C@@H](OC(C)=O)[C@H](O)O[C@H](COC(C)=O)[C@H]2OC(C)=O)[C@H](O[C@@H]2O[C@@H](C)[C@@H](OC(C)=O)[C@@H](OC(C)=O)[C@@H]2OC(C)=O)[C@@H](OC(C)=O)[C@H]1OC(C)=O. The van der Waals surface area contributed by atoms with Gasteiger partial charge in [-0.3, -0.25) is 43.2 Å². The van der Waals surface area contributed by atoms with Crippen molar-refractivity contribution in [1.29, 1.82) is 0 Å². The Kier molecular flexibility index (Phi) is 18.1. The highest BCUT2D eigenvalue weighted by molar-refractivity contribution is 5.70. The van der Waals surface area contributed by atoms with E-state index < -0.39 is 159 Å². The zero-order valence-electron chi connectivity index (χ0n) is 34.4. The Balaban J connectivity index is 2.31. The minimum atomic E-state index is -2.07. The average molecular weight is 867 g/mol. The van der Waals surface area contributed by atoms with Gasteiger partial charge in [0.15, 0.2) is 67.7 Å². The van der Waals surface area contributed by atoms with Crippen LogP contribution in [0.3, 0.4) is 0 Å². The second-order valence-corrected chi connectivity index (χ2v) is 13.6. The van der Waals surface area contributed by atoms with Crippen molar-refractivity contribution in [3.8, 4) is 0 Å². The van der Waals surface area contributed by atoms with Crippen molar-refractivity contribution in [2.24, 2.45) is 0 Å². The first-order valence-electron chi connectivity index (χ1n) is 18.4. The molecule has 0 aliphatic carbocycles. The van der Waals surface area contributed by atoms with Crippen molar-refractivity contribution in [1.82, 2.24) is 0 Å². The van der Waals surface area contributed by atoms with Gasteiger partial charge in [0, 0.05) is 62.3 Å². The number of ether oxygens (including phenoxy) is 14. The molecule has 0 aromatic heterocycles. The van der Waals surface area contributed by atoms with Crippen LogP contribution < -0.4 is 0 Å². The summed E-state index contributed by atoms with van der Waals surface area (Å²) in [6.45, 7) is 9.13. The lowest BCUT2D eigenvalue weighted by atomic mass is 9.95. The third-order valence-electron chi connectivity index (χ3n) is 8.53. The van der Waals surface area contributed by atoms with Gasteiger partial charge in [-0.2, -0.15) is 0 Å². The van der Waals surface area contributed by atoms with Crippen LogP contribution in [0.1, 0.15) is 69.2 Å². The number of rotatable bonds is 15. The molecule has 3 heterocycles. The molecule has 1 N–H and O–H groups in total. The first-order chi connectivity index (χ1) is 28.0. The van der Waals surface area contributed by atoms with Gasteiger partial charge in [0.25, 0.3) is 0 Å². The first kappa shape index (κ1) is 49.4. The van der Waals surface area contributed by atoms with E-state index in [1.54, 1.807) is 0 Å².